The van der Waals surface area contributed by atoms with Gasteiger partial charge in [0.25, 0.3) is 0 Å². The standard InChI is InChI=1S/C10H13Cl2N3/c1-15-3-2-13-9(6-15)7-5-14-10(12)4-8(7)11/h4-5,9,13H,2-3,6H2,1H3. The van der Waals surface area contributed by atoms with Crippen LogP contribution in [0.1, 0.15) is 11.6 Å². The lowest BCUT2D eigenvalue weighted by atomic mass is 10.1. The van der Waals surface area contributed by atoms with Crippen LogP contribution in [0, 0.1) is 0 Å². The lowest BCUT2D eigenvalue weighted by Crippen LogP contribution is -2.43. The van der Waals surface area contributed by atoms with E-state index in [2.05, 4.69) is 22.2 Å². The zero-order valence-corrected chi connectivity index (χ0v) is 10.0. The number of aromatic nitrogens is 1. The molecule has 1 aromatic heterocycles. The molecule has 1 saturated heterocycles. The predicted octanol–water partition coefficient (Wildman–Crippen LogP) is 1.96. The van der Waals surface area contributed by atoms with Crippen molar-refractivity contribution in [3.63, 3.8) is 0 Å². The topological polar surface area (TPSA) is 28.2 Å². The first kappa shape index (κ1) is 11.1. The van der Waals surface area contributed by atoms with Crippen molar-refractivity contribution in [1.82, 2.24) is 15.2 Å². The molecule has 0 amide bonds. The van der Waals surface area contributed by atoms with Crippen molar-refractivity contribution in [3.05, 3.63) is 28.0 Å². The Bertz CT molecular complexity index is 357. The Labute approximate surface area is 99.4 Å². The molecule has 82 valence electrons. The van der Waals surface area contributed by atoms with Gasteiger partial charge in [-0.3, -0.25) is 0 Å². The highest BCUT2D eigenvalue weighted by Crippen LogP contribution is 2.25. The highest BCUT2D eigenvalue weighted by atomic mass is 35.5. The molecule has 0 spiro atoms. The molecule has 5 heteroatoms. The van der Waals surface area contributed by atoms with E-state index in [1.165, 1.54) is 0 Å². The second-order valence-electron chi connectivity index (χ2n) is 3.80. The van der Waals surface area contributed by atoms with Crippen LogP contribution in [0.25, 0.3) is 0 Å². The molecule has 1 aliphatic heterocycles. The molecule has 1 unspecified atom stereocenters. The summed E-state index contributed by atoms with van der Waals surface area (Å²) >= 11 is 11.9. The SMILES string of the molecule is CN1CCNC(c2cnc(Cl)cc2Cl)C1. The quantitative estimate of drug-likeness (QED) is 0.768. The Balaban J connectivity index is 2.21. The third-order valence-corrected chi connectivity index (χ3v) is 3.14. The van der Waals surface area contributed by atoms with Crippen molar-refractivity contribution < 1.29 is 0 Å². The highest BCUT2D eigenvalue weighted by Gasteiger charge is 2.20. The van der Waals surface area contributed by atoms with Gasteiger partial charge in [-0.1, -0.05) is 23.2 Å². The summed E-state index contributed by atoms with van der Waals surface area (Å²) < 4.78 is 0. The van der Waals surface area contributed by atoms with Crippen LogP contribution in [0.15, 0.2) is 12.3 Å². The summed E-state index contributed by atoms with van der Waals surface area (Å²) in [6.45, 7) is 2.98. The molecular weight excluding hydrogens is 233 g/mol. The summed E-state index contributed by atoms with van der Waals surface area (Å²) in [4.78, 5) is 6.33. The first-order chi connectivity index (χ1) is 7.16. The molecule has 0 radical (unpaired) electrons. The van der Waals surface area contributed by atoms with Crippen LogP contribution in [-0.4, -0.2) is 36.6 Å². The fraction of sp³-hybridized carbons (Fsp3) is 0.500. The summed E-state index contributed by atoms with van der Waals surface area (Å²) in [7, 11) is 2.10. The zero-order chi connectivity index (χ0) is 10.8. The molecule has 0 saturated carbocycles. The van der Waals surface area contributed by atoms with Gasteiger partial charge in [-0.25, -0.2) is 4.98 Å². The second-order valence-corrected chi connectivity index (χ2v) is 4.59. The molecule has 1 atom stereocenters. The Hall–Kier alpha value is -0.350. The van der Waals surface area contributed by atoms with Crippen molar-refractivity contribution in [2.75, 3.05) is 26.7 Å². The van der Waals surface area contributed by atoms with Gasteiger partial charge >= 0.3 is 0 Å². The first-order valence-electron chi connectivity index (χ1n) is 4.89. The van der Waals surface area contributed by atoms with E-state index >= 15 is 0 Å². The Kier molecular flexibility index (Phi) is 3.46. The molecule has 1 aliphatic rings. The molecule has 0 aliphatic carbocycles. The number of likely N-dealkylation sites (N-methyl/N-ethyl adjacent to an activating group) is 1. The fourth-order valence-electron chi connectivity index (χ4n) is 1.78. The van der Waals surface area contributed by atoms with Crippen LogP contribution in [0.5, 0.6) is 0 Å². The minimum atomic E-state index is 0.251. The number of pyridine rings is 1. The largest absolute Gasteiger partial charge is 0.307 e. The molecule has 2 heterocycles. The summed E-state index contributed by atoms with van der Waals surface area (Å²) in [6, 6.07) is 1.94. The molecule has 1 N–H and O–H groups in total. The molecule has 3 nitrogen and oxygen atoms in total. The van der Waals surface area contributed by atoms with Crippen molar-refractivity contribution >= 4 is 23.2 Å². The highest BCUT2D eigenvalue weighted by molar-refractivity contribution is 6.34. The molecular formula is C10H13Cl2N3. The van der Waals surface area contributed by atoms with E-state index in [0.717, 1.165) is 25.2 Å². The maximum Gasteiger partial charge on any atom is 0.130 e. The van der Waals surface area contributed by atoms with Gasteiger partial charge in [-0.05, 0) is 13.1 Å². The Morgan fingerprint density at radius 3 is 3.00 bits per heavy atom. The first-order valence-corrected chi connectivity index (χ1v) is 5.65. The van der Waals surface area contributed by atoms with Crippen LogP contribution in [0.2, 0.25) is 10.2 Å². The minimum absolute atomic E-state index is 0.251. The van der Waals surface area contributed by atoms with Gasteiger partial charge in [0, 0.05) is 42.5 Å². The molecule has 2 rings (SSSR count). The predicted molar refractivity (Wildman–Crippen MR) is 62.5 cm³/mol. The van der Waals surface area contributed by atoms with Crippen molar-refractivity contribution in [2.24, 2.45) is 0 Å². The number of hydrogen-bond donors (Lipinski definition) is 1. The van der Waals surface area contributed by atoms with Crippen LogP contribution >= 0.6 is 23.2 Å². The third kappa shape index (κ3) is 2.61. The van der Waals surface area contributed by atoms with Crippen molar-refractivity contribution in [3.8, 4) is 0 Å². The molecule has 0 aromatic carbocycles. The van der Waals surface area contributed by atoms with Crippen LogP contribution in [-0.2, 0) is 0 Å². The molecule has 15 heavy (non-hydrogen) atoms. The number of nitrogens with zero attached hydrogens (tertiary/aromatic N) is 2. The maximum absolute atomic E-state index is 6.13. The van der Waals surface area contributed by atoms with Gasteiger partial charge < -0.3 is 10.2 Å². The number of hydrogen-bond acceptors (Lipinski definition) is 3. The fourth-order valence-corrected chi connectivity index (χ4v) is 2.28. The number of nitrogens with one attached hydrogen (secondary N) is 1. The lowest BCUT2D eigenvalue weighted by Gasteiger charge is -2.31. The van der Waals surface area contributed by atoms with Crippen LogP contribution < -0.4 is 5.32 Å². The smallest absolute Gasteiger partial charge is 0.130 e. The molecule has 0 bridgehead atoms. The van der Waals surface area contributed by atoms with E-state index in [-0.39, 0.29) is 6.04 Å². The number of rotatable bonds is 1. The van der Waals surface area contributed by atoms with Gasteiger partial charge in [0.15, 0.2) is 0 Å². The van der Waals surface area contributed by atoms with Crippen LogP contribution in [0.3, 0.4) is 0 Å². The summed E-state index contributed by atoms with van der Waals surface area (Å²) in [6.07, 6.45) is 1.75. The lowest BCUT2D eigenvalue weighted by molar-refractivity contribution is 0.240. The summed E-state index contributed by atoms with van der Waals surface area (Å²) in [5.74, 6) is 0. The van der Waals surface area contributed by atoms with E-state index in [9.17, 15) is 0 Å². The number of halogens is 2. The normalized spacial score (nSPS) is 23.0. The monoisotopic (exact) mass is 245 g/mol. The van der Waals surface area contributed by atoms with Crippen molar-refractivity contribution in [1.29, 1.82) is 0 Å². The van der Waals surface area contributed by atoms with Gasteiger partial charge in [0.05, 0.1) is 0 Å². The third-order valence-electron chi connectivity index (χ3n) is 2.60. The Morgan fingerprint density at radius 1 is 1.53 bits per heavy atom. The number of piperazine rings is 1. The zero-order valence-electron chi connectivity index (χ0n) is 8.50. The molecule has 1 fully saturated rings. The van der Waals surface area contributed by atoms with Gasteiger partial charge in [-0.2, -0.15) is 0 Å². The molecule has 1 aromatic rings. The van der Waals surface area contributed by atoms with E-state index in [1.54, 1.807) is 12.3 Å². The Morgan fingerprint density at radius 2 is 2.33 bits per heavy atom. The van der Waals surface area contributed by atoms with Crippen LogP contribution in [0.4, 0.5) is 0 Å². The summed E-state index contributed by atoms with van der Waals surface area (Å²) in [5.41, 5.74) is 1.02. The van der Waals surface area contributed by atoms with Gasteiger partial charge in [0.2, 0.25) is 0 Å². The maximum atomic E-state index is 6.13. The van der Waals surface area contributed by atoms with E-state index in [4.69, 9.17) is 23.2 Å². The van der Waals surface area contributed by atoms with Crippen molar-refractivity contribution in [2.45, 2.75) is 6.04 Å². The van der Waals surface area contributed by atoms with Gasteiger partial charge in [0.1, 0.15) is 5.15 Å². The average Bonchev–Trinajstić information content (AvgIpc) is 2.17. The van der Waals surface area contributed by atoms with E-state index < -0.39 is 0 Å². The van der Waals surface area contributed by atoms with E-state index in [1.807, 2.05) is 0 Å². The minimum Gasteiger partial charge on any atom is -0.307 e. The summed E-state index contributed by atoms with van der Waals surface area (Å²) in [5, 5.41) is 4.54. The average molecular weight is 246 g/mol. The second kappa shape index (κ2) is 4.66. The van der Waals surface area contributed by atoms with Gasteiger partial charge in [-0.15, -0.1) is 0 Å². The van der Waals surface area contributed by atoms with E-state index in [0.29, 0.717) is 10.2 Å².